The number of hydrogen-bond donors (Lipinski definition) is 1. The van der Waals surface area contributed by atoms with Crippen LogP contribution in [0.3, 0.4) is 0 Å². The van der Waals surface area contributed by atoms with E-state index in [4.69, 9.17) is 9.47 Å². The zero-order chi connectivity index (χ0) is 38.3. The molecule has 0 saturated carbocycles. The maximum Gasteiger partial charge on any atom is 0.313 e. The maximum absolute atomic E-state index is 15.5. The van der Waals surface area contributed by atoms with Crippen LogP contribution in [0.15, 0.2) is 102 Å². The van der Waals surface area contributed by atoms with Crippen molar-refractivity contribution >= 4 is 45.3 Å². The molecule has 0 radical (unpaired) electrons. The number of cyclic esters (lactones) is 1. The topological polar surface area (TPSA) is 117 Å². The van der Waals surface area contributed by atoms with Crippen LogP contribution in [0, 0.1) is 25.7 Å². The van der Waals surface area contributed by atoms with E-state index in [-0.39, 0.29) is 25.3 Å². The Bertz CT molecular complexity index is 1970. The molecule has 0 unspecified atom stereocenters. The lowest BCUT2D eigenvalue weighted by molar-refractivity contribution is -0.164. The quantitative estimate of drug-likeness (QED) is 0.256. The van der Waals surface area contributed by atoms with E-state index in [1.807, 2.05) is 112 Å². The fourth-order valence-electron chi connectivity index (χ4n) is 8.81. The standard InChI is InChI=1S/C43H46BrN3O7/c1-26-15-14-16-27(2)36(26)46-22-13-7-12-21-33(49)45(4)28(3)37(30-19-10-6-11-20-30)53-42(52)34-35-40(50)47(31(25-48)23-29-17-8-5-9-18-29)39(41(46)51)43(35)24-32(44)38(34)54-43/h5-11,13-20,24,28,31,34-35,37-39,48H,12,21-23,25H2,1-4H3/b13-7-/t28-,31+,34+,35-,37+,38+,39+,43-/m0/s1. The fourth-order valence-corrected chi connectivity index (χ4v) is 9.55. The SMILES string of the molecule is Cc1cccc(C)c1N1C/C=C\CCC(=O)N(C)[C@@H](C)[C@H](c2ccccc2)OC(=O)[C@H]2[C@@H]3O[C@@]4(C=C3Br)[C@@H]2C(=O)N([C@@H](CO)Cc2ccccc2)[C@@H]4C1=O. The lowest BCUT2D eigenvalue weighted by Gasteiger charge is -2.39. The number of rotatable bonds is 6. The summed E-state index contributed by atoms with van der Waals surface area (Å²) < 4.78 is 13.7. The molecule has 282 valence electrons. The number of para-hydroxylation sites is 1. The van der Waals surface area contributed by atoms with Crippen molar-refractivity contribution in [1.82, 2.24) is 9.80 Å². The molecule has 2 fully saturated rings. The molecule has 3 aromatic rings. The van der Waals surface area contributed by atoms with Crippen LogP contribution in [-0.4, -0.2) is 88.6 Å². The predicted octanol–water partition coefficient (Wildman–Crippen LogP) is 5.59. The first kappa shape index (κ1) is 37.7. The summed E-state index contributed by atoms with van der Waals surface area (Å²) in [6, 6.07) is 22.0. The molecular weight excluding hydrogens is 750 g/mol. The molecule has 54 heavy (non-hydrogen) atoms. The number of allylic oxidation sites excluding steroid dienone is 1. The van der Waals surface area contributed by atoms with Gasteiger partial charge in [-0.2, -0.15) is 0 Å². The Hall–Kier alpha value is -4.58. The summed E-state index contributed by atoms with van der Waals surface area (Å²) in [4.78, 5) is 63.7. The minimum absolute atomic E-state index is 0.123. The largest absolute Gasteiger partial charge is 0.455 e. The highest BCUT2D eigenvalue weighted by Gasteiger charge is 2.75. The molecule has 5 bridgehead atoms. The van der Waals surface area contributed by atoms with Crippen LogP contribution in [-0.2, 0) is 35.1 Å². The molecule has 1 spiro atoms. The van der Waals surface area contributed by atoms with Gasteiger partial charge in [-0.3, -0.25) is 19.2 Å². The molecule has 4 aliphatic heterocycles. The van der Waals surface area contributed by atoms with Crippen LogP contribution in [0.5, 0.6) is 0 Å². The van der Waals surface area contributed by atoms with E-state index >= 15 is 9.59 Å². The molecule has 4 aliphatic rings. The molecule has 2 saturated heterocycles. The average molecular weight is 797 g/mol. The van der Waals surface area contributed by atoms with Crippen LogP contribution >= 0.6 is 15.9 Å². The Balaban J connectivity index is 1.40. The van der Waals surface area contributed by atoms with Crippen molar-refractivity contribution in [3.8, 4) is 0 Å². The van der Waals surface area contributed by atoms with Gasteiger partial charge in [-0.1, -0.05) is 107 Å². The van der Waals surface area contributed by atoms with Gasteiger partial charge in [-0.05, 0) is 61.9 Å². The van der Waals surface area contributed by atoms with E-state index in [1.54, 1.807) is 22.9 Å². The van der Waals surface area contributed by atoms with Crippen molar-refractivity contribution in [1.29, 1.82) is 0 Å². The monoisotopic (exact) mass is 795 g/mol. The van der Waals surface area contributed by atoms with Crippen LogP contribution < -0.4 is 4.90 Å². The summed E-state index contributed by atoms with van der Waals surface area (Å²) in [6.45, 7) is 5.45. The second kappa shape index (κ2) is 15.3. The molecule has 4 heterocycles. The number of likely N-dealkylation sites (N-methyl/N-ethyl adjacent to an activating group) is 1. The van der Waals surface area contributed by atoms with E-state index in [0.29, 0.717) is 22.2 Å². The number of amides is 3. The van der Waals surface area contributed by atoms with Gasteiger partial charge in [0.1, 0.15) is 29.8 Å². The van der Waals surface area contributed by atoms with Gasteiger partial charge in [-0.15, -0.1) is 0 Å². The molecular formula is C43H46BrN3O7. The van der Waals surface area contributed by atoms with Gasteiger partial charge >= 0.3 is 5.97 Å². The second-order valence-corrected chi connectivity index (χ2v) is 15.7. The number of nitrogens with zero attached hydrogens (tertiary/aromatic N) is 3. The zero-order valence-corrected chi connectivity index (χ0v) is 32.5. The number of ether oxygens (including phenoxy) is 2. The Kier molecular flexibility index (Phi) is 10.7. The number of halogens is 1. The highest BCUT2D eigenvalue weighted by atomic mass is 79.9. The van der Waals surface area contributed by atoms with E-state index in [1.165, 1.54) is 4.90 Å². The number of hydrogen-bond acceptors (Lipinski definition) is 7. The van der Waals surface area contributed by atoms with Crippen LogP contribution in [0.1, 0.15) is 48.1 Å². The van der Waals surface area contributed by atoms with Gasteiger partial charge in [0.2, 0.25) is 11.8 Å². The molecule has 3 aromatic carbocycles. The summed E-state index contributed by atoms with van der Waals surface area (Å²) in [6.07, 6.45) is 4.72. The number of anilines is 1. The van der Waals surface area contributed by atoms with Crippen molar-refractivity contribution in [3.05, 3.63) is 124 Å². The van der Waals surface area contributed by atoms with Gasteiger partial charge in [0.15, 0.2) is 0 Å². The van der Waals surface area contributed by atoms with Crippen molar-refractivity contribution in [2.45, 2.75) is 76.0 Å². The number of esters is 1. The number of carbonyl (C=O) groups is 4. The summed E-state index contributed by atoms with van der Waals surface area (Å²) in [7, 11) is 1.70. The molecule has 8 atom stereocenters. The molecule has 10 nitrogen and oxygen atoms in total. The third kappa shape index (κ3) is 6.50. The van der Waals surface area contributed by atoms with Gasteiger partial charge in [0.05, 0.1) is 24.6 Å². The Morgan fingerprint density at radius 2 is 1.56 bits per heavy atom. The van der Waals surface area contributed by atoms with Crippen molar-refractivity contribution in [3.63, 3.8) is 0 Å². The molecule has 0 aromatic heterocycles. The zero-order valence-electron chi connectivity index (χ0n) is 30.9. The highest BCUT2D eigenvalue weighted by Crippen LogP contribution is 2.59. The maximum atomic E-state index is 15.5. The van der Waals surface area contributed by atoms with E-state index in [9.17, 15) is 14.7 Å². The Morgan fingerprint density at radius 3 is 2.22 bits per heavy atom. The third-order valence-corrected chi connectivity index (χ3v) is 12.2. The third-order valence-electron chi connectivity index (χ3n) is 11.6. The first-order valence-corrected chi connectivity index (χ1v) is 19.3. The highest BCUT2D eigenvalue weighted by molar-refractivity contribution is 9.11. The van der Waals surface area contributed by atoms with E-state index < -0.39 is 72.2 Å². The average Bonchev–Trinajstić information content (AvgIpc) is 3.77. The smallest absolute Gasteiger partial charge is 0.313 e. The molecule has 7 rings (SSSR count). The van der Waals surface area contributed by atoms with Crippen molar-refractivity contribution in [2.24, 2.45) is 11.8 Å². The number of likely N-dealkylation sites (tertiary alicyclic amines) is 1. The number of aliphatic hydroxyl groups excluding tert-OH is 1. The van der Waals surface area contributed by atoms with Gasteiger partial charge in [-0.25, -0.2) is 0 Å². The molecule has 3 amide bonds. The Morgan fingerprint density at radius 1 is 0.889 bits per heavy atom. The second-order valence-electron chi connectivity index (χ2n) is 14.8. The summed E-state index contributed by atoms with van der Waals surface area (Å²) in [5, 5.41) is 11.0. The lowest BCUT2D eigenvalue weighted by Crippen LogP contribution is -2.59. The van der Waals surface area contributed by atoms with Gasteiger partial charge in [0, 0.05) is 30.2 Å². The number of carbonyl (C=O) groups excluding carboxylic acids is 4. The van der Waals surface area contributed by atoms with Crippen LogP contribution in [0.2, 0.25) is 0 Å². The van der Waals surface area contributed by atoms with Gasteiger partial charge in [0.25, 0.3) is 5.91 Å². The fraction of sp³-hybridized carbons (Fsp3) is 0.395. The number of fused-ring (bicyclic) bond motifs is 2. The lowest BCUT2D eigenvalue weighted by atomic mass is 9.74. The van der Waals surface area contributed by atoms with Crippen LogP contribution in [0.4, 0.5) is 5.69 Å². The number of benzene rings is 3. The molecule has 11 heteroatoms. The first-order chi connectivity index (χ1) is 26.0. The summed E-state index contributed by atoms with van der Waals surface area (Å²) in [5.74, 6) is -3.88. The van der Waals surface area contributed by atoms with Gasteiger partial charge < -0.3 is 29.3 Å². The number of aliphatic hydroxyl groups is 1. The normalized spacial score (nSPS) is 30.0. The number of aryl methyl sites for hydroxylation is 2. The minimum atomic E-state index is -1.54. The molecule has 0 aliphatic carbocycles. The minimum Gasteiger partial charge on any atom is -0.455 e. The summed E-state index contributed by atoms with van der Waals surface area (Å²) in [5.41, 5.74) is 2.46. The predicted molar refractivity (Wildman–Crippen MR) is 207 cm³/mol. The molecule has 1 N–H and O–H groups in total. The first-order valence-electron chi connectivity index (χ1n) is 18.5. The van der Waals surface area contributed by atoms with Crippen LogP contribution in [0.25, 0.3) is 0 Å². The Labute approximate surface area is 324 Å². The summed E-state index contributed by atoms with van der Waals surface area (Å²) >= 11 is 3.66. The van der Waals surface area contributed by atoms with Crippen molar-refractivity contribution < 1.29 is 33.8 Å². The van der Waals surface area contributed by atoms with E-state index in [2.05, 4.69) is 15.9 Å². The van der Waals surface area contributed by atoms with E-state index in [0.717, 1.165) is 16.7 Å². The van der Waals surface area contributed by atoms with Crippen molar-refractivity contribution in [2.75, 3.05) is 25.1 Å².